The minimum absolute atomic E-state index is 0.00680. The van der Waals surface area contributed by atoms with Gasteiger partial charge >= 0.3 is 0 Å². The highest BCUT2D eigenvalue weighted by molar-refractivity contribution is 5.82. The molecule has 1 atom stereocenters. The van der Waals surface area contributed by atoms with E-state index in [1.165, 1.54) is 12.8 Å². The molecule has 0 aromatic heterocycles. The van der Waals surface area contributed by atoms with Crippen molar-refractivity contribution in [3.8, 4) is 0 Å². The van der Waals surface area contributed by atoms with Gasteiger partial charge in [-0.25, -0.2) is 0 Å². The van der Waals surface area contributed by atoms with Crippen LogP contribution in [0.5, 0.6) is 0 Å². The maximum absolute atomic E-state index is 12.6. The number of guanidine groups is 1. The Kier molecular flexibility index (Phi) is 8.53. The monoisotopic (exact) mass is 413 g/mol. The topological polar surface area (TPSA) is 85.8 Å². The van der Waals surface area contributed by atoms with Gasteiger partial charge < -0.3 is 20.9 Å². The van der Waals surface area contributed by atoms with Gasteiger partial charge in [0, 0.05) is 44.6 Å². The smallest absolute Gasteiger partial charge is 0.225 e. The number of likely N-dealkylation sites (tertiary alicyclic amines) is 1. The van der Waals surface area contributed by atoms with Gasteiger partial charge in [0.2, 0.25) is 11.8 Å². The van der Waals surface area contributed by atoms with Gasteiger partial charge in [0.25, 0.3) is 0 Å². The van der Waals surface area contributed by atoms with Crippen molar-refractivity contribution in [1.29, 1.82) is 0 Å². The second kappa shape index (κ2) is 11.6. The summed E-state index contributed by atoms with van der Waals surface area (Å²) in [7, 11) is 0. The molecule has 1 heterocycles. The lowest BCUT2D eigenvalue weighted by molar-refractivity contribution is -0.134. The molecule has 1 saturated carbocycles. The number of nitrogens with one attached hydrogen (secondary N) is 3. The lowest BCUT2D eigenvalue weighted by Gasteiger charge is -2.21. The first-order valence-electron chi connectivity index (χ1n) is 11.3. The highest BCUT2D eigenvalue weighted by atomic mass is 16.2. The Labute approximate surface area is 179 Å². The number of hydrogen-bond acceptors (Lipinski definition) is 3. The zero-order valence-corrected chi connectivity index (χ0v) is 18.0. The Morgan fingerprint density at radius 3 is 2.60 bits per heavy atom. The number of amides is 2. The molecule has 1 aliphatic carbocycles. The van der Waals surface area contributed by atoms with Crippen molar-refractivity contribution >= 4 is 17.8 Å². The van der Waals surface area contributed by atoms with E-state index in [9.17, 15) is 9.59 Å². The largest absolute Gasteiger partial charge is 0.357 e. The molecular weight excluding hydrogens is 378 g/mol. The van der Waals surface area contributed by atoms with E-state index in [1.54, 1.807) is 0 Å². The summed E-state index contributed by atoms with van der Waals surface area (Å²) in [6.45, 7) is 5.28. The molecule has 0 radical (unpaired) electrons. The number of nitrogens with zero attached hydrogens (tertiary/aromatic N) is 2. The molecule has 164 valence electrons. The SMILES string of the molecule is CCNC(=NCCC(=O)NCc1ccccc1)NC1CCN(C(=O)C2CCCC2)C1. The summed E-state index contributed by atoms with van der Waals surface area (Å²) in [5.74, 6) is 1.27. The summed E-state index contributed by atoms with van der Waals surface area (Å²) in [5, 5.41) is 9.61. The molecule has 1 aromatic carbocycles. The zero-order valence-electron chi connectivity index (χ0n) is 18.0. The fourth-order valence-electron chi connectivity index (χ4n) is 4.18. The number of carbonyl (C=O) groups is 2. The average Bonchev–Trinajstić information content (AvgIpc) is 3.45. The zero-order chi connectivity index (χ0) is 21.2. The maximum atomic E-state index is 12.6. The first kappa shape index (κ1) is 22.1. The third kappa shape index (κ3) is 6.75. The van der Waals surface area contributed by atoms with Gasteiger partial charge in [-0.1, -0.05) is 43.2 Å². The lowest BCUT2D eigenvalue weighted by Crippen LogP contribution is -2.45. The van der Waals surface area contributed by atoms with E-state index in [-0.39, 0.29) is 17.9 Å². The van der Waals surface area contributed by atoms with Crippen LogP contribution in [0.2, 0.25) is 0 Å². The van der Waals surface area contributed by atoms with Crippen LogP contribution in [0.25, 0.3) is 0 Å². The average molecular weight is 414 g/mol. The van der Waals surface area contributed by atoms with Crippen LogP contribution in [-0.4, -0.2) is 54.9 Å². The third-order valence-electron chi connectivity index (χ3n) is 5.83. The highest BCUT2D eigenvalue weighted by Gasteiger charge is 2.32. The van der Waals surface area contributed by atoms with Crippen LogP contribution in [0, 0.1) is 5.92 Å². The summed E-state index contributed by atoms with van der Waals surface area (Å²) < 4.78 is 0. The Morgan fingerprint density at radius 1 is 1.10 bits per heavy atom. The highest BCUT2D eigenvalue weighted by Crippen LogP contribution is 2.27. The molecule has 0 bridgehead atoms. The Hall–Kier alpha value is -2.57. The molecule has 30 heavy (non-hydrogen) atoms. The van der Waals surface area contributed by atoms with E-state index in [0.717, 1.165) is 44.5 Å². The molecule has 1 unspecified atom stereocenters. The molecule has 7 nitrogen and oxygen atoms in total. The van der Waals surface area contributed by atoms with E-state index >= 15 is 0 Å². The molecule has 3 N–H and O–H groups in total. The second-order valence-electron chi connectivity index (χ2n) is 8.17. The van der Waals surface area contributed by atoms with E-state index < -0.39 is 0 Å². The fourth-order valence-corrected chi connectivity index (χ4v) is 4.18. The summed E-state index contributed by atoms with van der Waals surface area (Å²) in [4.78, 5) is 31.3. The molecule has 1 saturated heterocycles. The Bertz CT molecular complexity index is 716. The summed E-state index contributed by atoms with van der Waals surface area (Å²) in [5.41, 5.74) is 1.09. The summed E-state index contributed by atoms with van der Waals surface area (Å²) >= 11 is 0. The van der Waals surface area contributed by atoms with E-state index in [1.807, 2.05) is 42.2 Å². The van der Waals surface area contributed by atoms with E-state index in [0.29, 0.717) is 31.4 Å². The van der Waals surface area contributed by atoms with Crippen LogP contribution in [0.4, 0.5) is 0 Å². The Morgan fingerprint density at radius 2 is 1.87 bits per heavy atom. The molecule has 2 aliphatic rings. The molecular formula is C23H35N5O2. The molecule has 1 aliphatic heterocycles. The van der Waals surface area contributed by atoms with Crippen molar-refractivity contribution in [3.63, 3.8) is 0 Å². The van der Waals surface area contributed by atoms with E-state index in [4.69, 9.17) is 0 Å². The van der Waals surface area contributed by atoms with Gasteiger partial charge in [-0.15, -0.1) is 0 Å². The number of hydrogen-bond donors (Lipinski definition) is 3. The number of rotatable bonds is 8. The number of carbonyl (C=O) groups excluding carboxylic acids is 2. The van der Waals surface area contributed by atoms with Gasteiger partial charge in [-0.05, 0) is 31.7 Å². The molecule has 3 rings (SSSR count). The number of benzene rings is 1. The fraction of sp³-hybridized carbons (Fsp3) is 0.609. The minimum Gasteiger partial charge on any atom is -0.357 e. The summed E-state index contributed by atoms with van der Waals surface area (Å²) in [6, 6.07) is 10.1. The molecule has 1 aromatic rings. The van der Waals surface area contributed by atoms with Gasteiger partial charge in [0.05, 0.1) is 6.54 Å². The van der Waals surface area contributed by atoms with E-state index in [2.05, 4.69) is 20.9 Å². The minimum atomic E-state index is -0.00680. The molecule has 2 fully saturated rings. The van der Waals surface area contributed by atoms with Crippen molar-refractivity contribution in [3.05, 3.63) is 35.9 Å². The second-order valence-corrected chi connectivity index (χ2v) is 8.17. The standard InChI is InChI=1S/C23H35N5O2/c1-2-24-23(25-14-12-21(29)26-16-18-8-4-3-5-9-18)27-20-13-15-28(17-20)22(30)19-10-6-7-11-19/h3-5,8-9,19-20H,2,6-7,10-17H2,1H3,(H,26,29)(H2,24,25,27). The van der Waals surface area contributed by atoms with Crippen molar-refractivity contribution < 1.29 is 9.59 Å². The molecule has 2 amide bonds. The van der Waals surface area contributed by atoms with Crippen LogP contribution in [0.1, 0.15) is 51.0 Å². The lowest BCUT2D eigenvalue weighted by atomic mass is 10.1. The van der Waals surface area contributed by atoms with Crippen molar-refractivity contribution in [1.82, 2.24) is 20.9 Å². The van der Waals surface area contributed by atoms with Gasteiger partial charge in [0.1, 0.15) is 0 Å². The quantitative estimate of drug-likeness (QED) is 0.450. The molecule has 7 heteroatoms. The van der Waals surface area contributed by atoms with Crippen LogP contribution >= 0.6 is 0 Å². The normalized spacial score (nSPS) is 19.7. The number of aliphatic imine (C=N–C) groups is 1. The van der Waals surface area contributed by atoms with Crippen molar-refractivity contribution in [2.75, 3.05) is 26.2 Å². The molecule has 0 spiro atoms. The first-order valence-corrected chi connectivity index (χ1v) is 11.3. The first-order chi connectivity index (χ1) is 14.7. The van der Waals surface area contributed by atoms with Crippen LogP contribution < -0.4 is 16.0 Å². The van der Waals surface area contributed by atoms with Crippen LogP contribution in [0.15, 0.2) is 35.3 Å². The van der Waals surface area contributed by atoms with Gasteiger partial charge in [-0.2, -0.15) is 0 Å². The van der Waals surface area contributed by atoms with Gasteiger partial charge in [-0.3, -0.25) is 14.6 Å². The van der Waals surface area contributed by atoms with Crippen LogP contribution in [-0.2, 0) is 16.1 Å². The van der Waals surface area contributed by atoms with Gasteiger partial charge in [0.15, 0.2) is 5.96 Å². The van der Waals surface area contributed by atoms with Crippen molar-refractivity contribution in [2.24, 2.45) is 10.9 Å². The van der Waals surface area contributed by atoms with Crippen LogP contribution in [0.3, 0.4) is 0 Å². The summed E-state index contributed by atoms with van der Waals surface area (Å²) in [6.07, 6.45) is 5.73. The predicted molar refractivity (Wildman–Crippen MR) is 119 cm³/mol. The maximum Gasteiger partial charge on any atom is 0.225 e. The Balaban J connectivity index is 1.40. The van der Waals surface area contributed by atoms with Crippen molar-refractivity contribution in [2.45, 2.75) is 58.0 Å². The third-order valence-corrected chi connectivity index (χ3v) is 5.83. The predicted octanol–water partition coefficient (Wildman–Crippen LogP) is 2.04.